The fourth-order valence-corrected chi connectivity index (χ4v) is 3.70. The van der Waals surface area contributed by atoms with Gasteiger partial charge in [0.05, 0.1) is 12.0 Å². The predicted molar refractivity (Wildman–Crippen MR) is 116 cm³/mol. The van der Waals surface area contributed by atoms with Crippen LogP contribution >= 0.6 is 0 Å². The van der Waals surface area contributed by atoms with Crippen molar-refractivity contribution in [2.75, 3.05) is 30.4 Å². The second-order valence-corrected chi connectivity index (χ2v) is 8.21. The number of carbonyl (C=O) groups is 1. The first-order valence-electron chi connectivity index (χ1n) is 9.20. The van der Waals surface area contributed by atoms with Crippen LogP contribution in [0.3, 0.4) is 0 Å². The Bertz CT molecular complexity index is 1130. The third-order valence-electron chi connectivity index (χ3n) is 4.43. The highest BCUT2D eigenvalue weighted by Gasteiger charge is 2.15. The van der Waals surface area contributed by atoms with Gasteiger partial charge < -0.3 is 14.4 Å². The molecule has 3 aromatic rings. The monoisotopic (exact) mass is 444 g/mol. The second kappa shape index (κ2) is 9.48. The number of hydrogen-bond acceptors (Lipinski definition) is 5. The van der Waals surface area contributed by atoms with E-state index < -0.39 is 15.8 Å². The number of amides is 1. The summed E-state index contributed by atoms with van der Waals surface area (Å²) >= 11 is 0. The summed E-state index contributed by atoms with van der Waals surface area (Å²) in [5.74, 6) is 0.290. The van der Waals surface area contributed by atoms with Crippen molar-refractivity contribution in [2.24, 2.45) is 0 Å². The van der Waals surface area contributed by atoms with E-state index in [9.17, 15) is 17.6 Å². The number of halogens is 1. The van der Waals surface area contributed by atoms with Crippen molar-refractivity contribution in [1.29, 1.82) is 0 Å². The zero-order valence-electron chi connectivity index (χ0n) is 16.9. The molecule has 0 atom stereocenters. The lowest BCUT2D eigenvalue weighted by Gasteiger charge is -2.18. The Morgan fingerprint density at radius 3 is 2.10 bits per heavy atom. The molecule has 0 aliphatic rings. The lowest BCUT2D eigenvalue weighted by atomic mass is 10.3. The molecule has 1 amide bonds. The third kappa shape index (κ3) is 5.73. The van der Waals surface area contributed by atoms with Gasteiger partial charge in [-0.2, -0.15) is 0 Å². The van der Waals surface area contributed by atoms with Crippen molar-refractivity contribution >= 4 is 27.3 Å². The van der Waals surface area contributed by atoms with Crippen molar-refractivity contribution in [1.82, 2.24) is 0 Å². The molecule has 0 radical (unpaired) electrons. The number of sulfonamides is 1. The molecule has 0 aromatic heterocycles. The number of anilines is 2. The van der Waals surface area contributed by atoms with Gasteiger partial charge in [0, 0.05) is 18.4 Å². The summed E-state index contributed by atoms with van der Waals surface area (Å²) < 4.78 is 50.8. The summed E-state index contributed by atoms with van der Waals surface area (Å²) in [4.78, 5) is 13.8. The summed E-state index contributed by atoms with van der Waals surface area (Å²) in [6.45, 7) is -0.220. The summed E-state index contributed by atoms with van der Waals surface area (Å²) in [5.41, 5.74) is 0.927. The Kier molecular flexibility index (Phi) is 6.76. The summed E-state index contributed by atoms with van der Waals surface area (Å²) in [7, 11) is -0.651. The van der Waals surface area contributed by atoms with E-state index in [0.717, 1.165) is 12.1 Å². The Hall–Kier alpha value is -3.59. The average molecular weight is 444 g/mol. The number of carbonyl (C=O) groups excluding carboxylic acids is 1. The van der Waals surface area contributed by atoms with E-state index >= 15 is 0 Å². The van der Waals surface area contributed by atoms with Crippen molar-refractivity contribution < 1.29 is 27.1 Å². The van der Waals surface area contributed by atoms with Crippen LogP contribution in [0.2, 0.25) is 0 Å². The number of methoxy groups -OCH3 is 1. The maximum Gasteiger partial charge on any atom is 0.264 e. The number of benzene rings is 3. The van der Waals surface area contributed by atoms with Crippen LogP contribution in [-0.2, 0) is 14.8 Å². The van der Waals surface area contributed by atoms with Gasteiger partial charge in [0.1, 0.15) is 17.3 Å². The van der Waals surface area contributed by atoms with E-state index in [1.165, 1.54) is 41.3 Å². The van der Waals surface area contributed by atoms with Crippen LogP contribution in [0.1, 0.15) is 0 Å². The molecular weight excluding hydrogens is 423 g/mol. The minimum Gasteiger partial charge on any atom is -0.497 e. The fourth-order valence-electron chi connectivity index (χ4n) is 2.64. The zero-order chi connectivity index (χ0) is 22.4. The SMILES string of the molecule is COc1ccc(N(C)C(=O)COc2ccc(S(=O)(=O)Nc3ccc(F)cc3)cc2)cc1. The number of nitrogens with one attached hydrogen (secondary N) is 1. The van der Waals surface area contributed by atoms with Crippen LogP contribution in [0.5, 0.6) is 11.5 Å². The first-order chi connectivity index (χ1) is 14.8. The zero-order valence-corrected chi connectivity index (χ0v) is 17.7. The largest absolute Gasteiger partial charge is 0.497 e. The van der Waals surface area contributed by atoms with Gasteiger partial charge >= 0.3 is 0 Å². The molecule has 0 fully saturated rings. The normalized spacial score (nSPS) is 10.9. The number of ether oxygens (including phenoxy) is 2. The summed E-state index contributed by atoms with van der Waals surface area (Å²) in [5, 5.41) is 0. The Balaban J connectivity index is 1.59. The molecule has 3 aromatic carbocycles. The highest BCUT2D eigenvalue weighted by molar-refractivity contribution is 7.92. The molecule has 0 bridgehead atoms. The van der Waals surface area contributed by atoms with Gasteiger partial charge in [0.15, 0.2) is 6.61 Å². The summed E-state index contributed by atoms with van der Waals surface area (Å²) in [6, 6.07) is 17.6. The van der Waals surface area contributed by atoms with Gasteiger partial charge in [-0.05, 0) is 72.8 Å². The van der Waals surface area contributed by atoms with Crippen LogP contribution in [0, 0.1) is 5.82 Å². The fraction of sp³-hybridized carbons (Fsp3) is 0.136. The number of hydrogen-bond donors (Lipinski definition) is 1. The van der Waals surface area contributed by atoms with E-state index in [2.05, 4.69) is 4.72 Å². The quantitative estimate of drug-likeness (QED) is 0.573. The topological polar surface area (TPSA) is 84.9 Å². The molecule has 9 heteroatoms. The Labute approximate surface area is 180 Å². The molecule has 7 nitrogen and oxygen atoms in total. The lowest BCUT2D eigenvalue weighted by molar-refractivity contribution is -0.120. The second-order valence-electron chi connectivity index (χ2n) is 6.52. The number of rotatable bonds is 8. The molecule has 0 aliphatic carbocycles. The standard InChI is InChI=1S/C22H21FN2O5S/c1-25(18-7-9-19(29-2)10-8-18)22(26)15-30-20-11-13-21(14-12-20)31(27,28)24-17-5-3-16(23)4-6-17/h3-14,24H,15H2,1-2H3. The maximum atomic E-state index is 13.0. The number of nitrogens with zero attached hydrogens (tertiary/aromatic N) is 1. The minimum atomic E-state index is -3.84. The average Bonchev–Trinajstić information content (AvgIpc) is 2.78. The molecule has 3 rings (SSSR count). The van der Waals surface area contributed by atoms with Crippen LogP contribution in [0.25, 0.3) is 0 Å². The number of likely N-dealkylation sites (N-methyl/N-ethyl adjacent to an activating group) is 1. The van der Waals surface area contributed by atoms with Crippen molar-refractivity contribution in [3.05, 3.63) is 78.6 Å². The third-order valence-corrected chi connectivity index (χ3v) is 5.82. The van der Waals surface area contributed by atoms with E-state index in [1.54, 1.807) is 38.4 Å². The van der Waals surface area contributed by atoms with Gasteiger partial charge in [-0.25, -0.2) is 12.8 Å². The Morgan fingerprint density at radius 2 is 1.52 bits per heavy atom. The van der Waals surface area contributed by atoms with Crippen LogP contribution in [0.4, 0.5) is 15.8 Å². The molecule has 0 heterocycles. The van der Waals surface area contributed by atoms with Crippen LogP contribution in [-0.4, -0.2) is 35.1 Å². The molecular formula is C22H21FN2O5S. The smallest absolute Gasteiger partial charge is 0.264 e. The molecule has 0 spiro atoms. The molecule has 0 saturated heterocycles. The van der Waals surface area contributed by atoms with Crippen molar-refractivity contribution in [3.8, 4) is 11.5 Å². The van der Waals surface area contributed by atoms with Gasteiger partial charge in [-0.1, -0.05) is 0 Å². The molecule has 0 saturated carbocycles. The lowest BCUT2D eigenvalue weighted by Crippen LogP contribution is -2.31. The molecule has 0 aliphatic heterocycles. The molecule has 0 unspecified atom stereocenters. The van der Waals surface area contributed by atoms with Crippen LogP contribution in [0.15, 0.2) is 77.7 Å². The molecule has 1 N–H and O–H groups in total. The van der Waals surface area contributed by atoms with E-state index in [-0.39, 0.29) is 23.1 Å². The highest BCUT2D eigenvalue weighted by Crippen LogP contribution is 2.21. The molecule has 162 valence electrons. The van der Waals surface area contributed by atoms with Crippen molar-refractivity contribution in [2.45, 2.75) is 4.90 Å². The highest BCUT2D eigenvalue weighted by atomic mass is 32.2. The van der Waals surface area contributed by atoms with Crippen LogP contribution < -0.4 is 19.1 Å². The molecule has 31 heavy (non-hydrogen) atoms. The maximum absolute atomic E-state index is 13.0. The predicted octanol–water partition coefficient (Wildman–Crippen LogP) is 3.68. The van der Waals surface area contributed by atoms with Gasteiger partial charge in [0.25, 0.3) is 15.9 Å². The Morgan fingerprint density at radius 1 is 0.935 bits per heavy atom. The first kappa shape index (κ1) is 22.1. The summed E-state index contributed by atoms with van der Waals surface area (Å²) in [6.07, 6.45) is 0. The van der Waals surface area contributed by atoms with Gasteiger partial charge in [0.2, 0.25) is 0 Å². The van der Waals surface area contributed by atoms with Gasteiger partial charge in [-0.15, -0.1) is 0 Å². The van der Waals surface area contributed by atoms with Crippen molar-refractivity contribution in [3.63, 3.8) is 0 Å². The van der Waals surface area contributed by atoms with E-state index in [0.29, 0.717) is 17.2 Å². The minimum absolute atomic E-state index is 0.00542. The van der Waals surface area contributed by atoms with Gasteiger partial charge in [-0.3, -0.25) is 9.52 Å². The first-order valence-corrected chi connectivity index (χ1v) is 10.7. The van der Waals surface area contributed by atoms with E-state index in [1.807, 2.05) is 0 Å². The van der Waals surface area contributed by atoms with E-state index in [4.69, 9.17) is 9.47 Å².